The van der Waals surface area contributed by atoms with E-state index in [2.05, 4.69) is 0 Å². The van der Waals surface area contributed by atoms with Gasteiger partial charge in [-0.3, -0.25) is 0 Å². The molecular formula is C44H28O. The molecule has 0 saturated carbocycles. The third-order valence-corrected chi connectivity index (χ3v) is 7.20. The van der Waals surface area contributed by atoms with E-state index < -0.39 is 257 Å². The average Bonchev–Trinajstić information content (AvgIpc) is 3.76. The summed E-state index contributed by atoms with van der Waals surface area (Å²) in [6, 6.07) is -27.9. The van der Waals surface area contributed by atoms with Crippen molar-refractivity contribution in [2.45, 2.75) is 0 Å². The van der Waals surface area contributed by atoms with E-state index in [0.717, 1.165) is 0 Å². The highest BCUT2D eigenvalue weighted by molar-refractivity contribution is 6.27. The summed E-state index contributed by atoms with van der Waals surface area (Å²) in [5.41, 5.74) is -7.87. The van der Waals surface area contributed by atoms with E-state index in [9.17, 15) is 11.0 Å². The zero-order valence-electron chi connectivity index (χ0n) is 50.4. The van der Waals surface area contributed by atoms with Gasteiger partial charge in [0.2, 0.25) is 0 Å². The van der Waals surface area contributed by atoms with Gasteiger partial charge in [-0.15, -0.1) is 0 Å². The molecule has 210 valence electrons. The standard InChI is InChI=1S/C44H28O/c1-3-15-29(16-4-1)31-19-7-8-20-33(31)41-34-21-9-11-23-36(34)42(37-24-12-10-22-35(37)41)38-26-14-28-40-44(38)43-32(25-13-27-39(43)45-40)30-17-5-2-6-18-30/h1-28H/i1D,2D,3D,4D,5D,6D,7D,8D,9D,10D,11D,12D,13D,14D,15D,16D,17D,18D,19D,20D,21D,22D,23D,24D,25D,26D,27D,28D. The van der Waals surface area contributed by atoms with Crippen molar-refractivity contribution in [1.82, 2.24) is 0 Å². The van der Waals surface area contributed by atoms with E-state index >= 15 is 0 Å². The third kappa shape index (κ3) is 4.02. The van der Waals surface area contributed by atoms with Crippen molar-refractivity contribution in [3.05, 3.63) is 169 Å². The fraction of sp³-hybridized carbons (Fsp3) is 0. The van der Waals surface area contributed by atoms with Gasteiger partial charge in [-0.1, -0.05) is 157 Å². The Balaban J connectivity index is 1.70. The molecule has 0 saturated heterocycles. The maximum atomic E-state index is 9.63. The van der Waals surface area contributed by atoms with Crippen LogP contribution in [0.15, 0.2) is 174 Å². The molecule has 1 heteroatoms. The minimum atomic E-state index is -1.09. The zero-order chi connectivity index (χ0) is 54.1. The highest BCUT2D eigenvalue weighted by Gasteiger charge is 2.22. The molecule has 0 fully saturated rings. The summed E-state index contributed by atoms with van der Waals surface area (Å²) in [6.07, 6.45) is 0. The van der Waals surface area contributed by atoms with Crippen LogP contribution in [-0.4, -0.2) is 0 Å². The molecule has 0 aliphatic heterocycles. The SMILES string of the molecule is [2H]c1c([2H])c([2H])c(-c2c([2H])c([2H])c([2H])c([2H])c2-c2c3c([2H])c([2H])c([2H])c([2H])c3c(-c3c([2H])c([2H])c([2H])c4oc5c([2H])c([2H])c([2H])c(-c6c([2H])c([2H])c([2H])c([2H])c6[2H])c5c34)c3c([2H])c([2H])c([2H])c([2H])c23)c([2H])c1[2H]. The van der Waals surface area contributed by atoms with Gasteiger partial charge >= 0.3 is 0 Å². The van der Waals surface area contributed by atoms with Crippen LogP contribution >= 0.6 is 0 Å². The Bertz CT molecular complexity index is 3980. The summed E-state index contributed by atoms with van der Waals surface area (Å²) in [5, 5.41) is -4.50. The van der Waals surface area contributed by atoms with Crippen molar-refractivity contribution in [1.29, 1.82) is 0 Å². The summed E-state index contributed by atoms with van der Waals surface area (Å²) in [7, 11) is 0. The predicted molar refractivity (Wildman–Crippen MR) is 190 cm³/mol. The molecule has 0 unspecified atom stereocenters. The first-order valence-corrected chi connectivity index (χ1v) is 13.2. The maximum absolute atomic E-state index is 9.63. The van der Waals surface area contributed by atoms with Crippen LogP contribution in [0.2, 0.25) is 0 Å². The minimum Gasteiger partial charge on any atom is -0.456 e. The molecule has 0 atom stereocenters. The zero-order valence-corrected chi connectivity index (χ0v) is 22.4. The number of fused-ring (bicyclic) bond motifs is 5. The molecule has 45 heavy (non-hydrogen) atoms. The van der Waals surface area contributed by atoms with Gasteiger partial charge in [0, 0.05) is 10.8 Å². The monoisotopic (exact) mass is 600 g/mol. The summed E-state index contributed by atoms with van der Waals surface area (Å²) >= 11 is 0. The molecule has 0 N–H and O–H groups in total. The summed E-state index contributed by atoms with van der Waals surface area (Å²) in [6.45, 7) is 0. The lowest BCUT2D eigenvalue weighted by molar-refractivity contribution is 0.669. The molecule has 0 aliphatic rings. The molecule has 9 rings (SSSR count). The van der Waals surface area contributed by atoms with E-state index in [1.165, 1.54) is 0 Å². The van der Waals surface area contributed by atoms with Gasteiger partial charge in [-0.05, 0) is 78.1 Å². The third-order valence-electron chi connectivity index (χ3n) is 7.20. The summed E-state index contributed by atoms with van der Waals surface area (Å²) in [5.74, 6) is 0. The minimum absolute atomic E-state index is 0.607. The van der Waals surface area contributed by atoms with Gasteiger partial charge < -0.3 is 4.42 Å². The second-order valence-corrected chi connectivity index (χ2v) is 9.51. The molecular weight excluding hydrogens is 544 g/mol. The van der Waals surface area contributed by atoms with E-state index in [-0.39, 0.29) is 0 Å². The number of benzene rings is 8. The van der Waals surface area contributed by atoms with Gasteiger partial charge in [-0.2, -0.15) is 0 Å². The van der Waals surface area contributed by atoms with Crippen LogP contribution in [0.5, 0.6) is 0 Å². The van der Waals surface area contributed by atoms with Crippen molar-refractivity contribution >= 4 is 43.5 Å². The van der Waals surface area contributed by atoms with Crippen LogP contribution in [0, 0.1) is 0 Å². The Kier molecular flexibility index (Phi) is 2.32. The summed E-state index contributed by atoms with van der Waals surface area (Å²) in [4.78, 5) is 0. The van der Waals surface area contributed by atoms with Gasteiger partial charge in [-0.25, -0.2) is 0 Å². The average molecular weight is 601 g/mol. The first kappa shape index (κ1) is 10.1. The topological polar surface area (TPSA) is 13.1 Å². The summed E-state index contributed by atoms with van der Waals surface area (Å²) < 4.78 is 257. The van der Waals surface area contributed by atoms with Crippen LogP contribution < -0.4 is 0 Å². The lowest BCUT2D eigenvalue weighted by Crippen LogP contribution is -1.93. The van der Waals surface area contributed by atoms with Crippen molar-refractivity contribution < 1.29 is 42.8 Å². The Hall–Kier alpha value is -5.92. The highest BCUT2D eigenvalue weighted by atomic mass is 16.3. The Morgan fingerprint density at radius 1 is 0.311 bits per heavy atom. The Morgan fingerprint density at radius 2 is 0.689 bits per heavy atom. The smallest absolute Gasteiger partial charge is 0.136 e. The van der Waals surface area contributed by atoms with Crippen molar-refractivity contribution in [2.75, 3.05) is 0 Å². The fourth-order valence-electron chi connectivity index (χ4n) is 5.45. The van der Waals surface area contributed by atoms with Gasteiger partial charge in [0.1, 0.15) is 11.2 Å². The lowest BCUT2D eigenvalue weighted by Gasteiger charge is -2.20. The first-order valence-electron chi connectivity index (χ1n) is 27.2. The molecule has 0 radical (unpaired) electrons. The van der Waals surface area contributed by atoms with Crippen molar-refractivity contribution in [3.8, 4) is 44.5 Å². The van der Waals surface area contributed by atoms with Crippen molar-refractivity contribution in [3.63, 3.8) is 0 Å². The van der Waals surface area contributed by atoms with E-state index in [1.54, 1.807) is 0 Å². The normalized spacial score (nSPS) is 20.3. The van der Waals surface area contributed by atoms with Gasteiger partial charge in [0.15, 0.2) is 0 Å². The number of rotatable bonds is 4. The molecule has 1 nitrogen and oxygen atoms in total. The quantitative estimate of drug-likeness (QED) is 0.183. The van der Waals surface area contributed by atoms with Gasteiger partial charge in [0.05, 0.1) is 38.4 Å². The second kappa shape index (κ2) is 10.4. The highest BCUT2D eigenvalue weighted by Crippen LogP contribution is 2.49. The Labute approximate surface area is 301 Å². The van der Waals surface area contributed by atoms with E-state index in [0.29, 0.717) is 0 Å². The van der Waals surface area contributed by atoms with Crippen LogP contribution in [0.4, 0.5) is 0 Å². The predicted octanol–water partition coefficient (Wildman–Crippen LogP) is 12.6. The second-order valence-electron chi connectivity index (χ2n) is 9.51. The molecule has 1 aromatic heterocycles. The van der Waals surface area contributed by atoms with Gasteiger partial charge in [0.25, 0.3) is 0 Å². The van der Waals surface area contributed by atoms with Crippen LogP contribution in [0.1, 0.15) is 38.4 Å². The van der Waals surface area contributed by atoms with Crippen LogP contribution in [0.25, 0.3) is 88.0 Å². The molecule has 9 aromatic rings. The molecule has 0 bridgehead atoms. The van der Waals surface area contributed by atoms with E-state index in [1.807, 2.05) is 0 Å². The van der Waals surface area contributed by atoms with Crippen LogP contribution in [-0.2, 0) is 0 Å². The first-order chi connectivity index (χ1) is 34.0. The largest absolute Gasteiger partial charge is 0.456 e. The Morgan fingerprint density at radius 3 is 1.24 bits per heavy atom. The molecule has 8 aromatic carbocycles. The molecule has 0 spiro atoms. The van der Waals surface area contributed by atoms with Crippen LogP contribution in [0.3, 0.4) is 0 Å². The fourth-order valence-corrected chi connectivity index (χ4v) is 5.45. The molecule has 0 amide bonds. The molecule has 1 heterocycles. The number of hydrogen-bond acceptors (Lipinski definition) is 1. The van der Waals surface area contributed by atoms with E-state index in [4.69, 9.17) is 31.8 Å². The molecule has 0 aliphatic carbocycles. The number of hydrogen-bond donors (Lipinski definition) is 0. The van der Waals surface area contributed by atoms with Crippen molar-refractivity contribution in [2.24, 2.45) is 0 Å². The number of furan rings is 1. The lowest BCUT2D eigenvalue weighted by atomic mass is 9.83. The maximum Gasteiger partial charge on any atom is 0.136 e.